The van der Waals surface area contributed by atoms with Crippen molar-refractivity contribution in [2.45, 2.75) is 0 Å². The first-order valence-corrected chi connectivity index (χ1v) is 3.33. The van der Waals surface area contributed by atoms with E-state index in [1.165, 1.54) is 7.11 Å². The molecule has 0 unspecified atom stereocenters. The van der Waals surface area contributed by atoms with Gasteiger partial charge in [-0.2, -0.15) is 0 Å². The van der Waals surface area contributed by atoms with E-state index in [9.17, 15) is 4.79 Å². The van der Waals surface area contributed by atoms with Crippen LogP contribution in [0.25, 0.3) is 0 Å². The van der Waals surface area contributed by atoms with Crippen molar-refractivity contribution < 1.29 is 14.3 Å². The highest BCUT2D eigenvalue weighted by Gasteiger charge is 2.10. The summed E-state index contributed by atoms with van der Waals surface area (Å²) < 4.78 is 8.97. The van der Waals surface area contributed by atoms with Crippen LogP contribution in [0.4, 0.5) is 0 Å². The summed E-state index contributed by atoms with van der Waals surface area (Å²) in [4.78, 5) is 11.0. The smallest absolute Gasteiger partial charge is 0.341 e. The second-order valence-corrected chi connectivity index (χ2v) is 2.11. The fourth-order valence-electron chi connectivity index (χ4n) is 0.848. The molecule has 0 saturated carbocycles. The van der Waals surface area contributed by atoms with Crippen LogP contribution in [0.1, 0.15) is 10.4 Å². The van der Waals surface area contributed by atoms with Gasteiger partial charge in [0.1, 0.15) is 11.3 Å². The summed E-state index contributed by atoms with van der Waals surface area (Å²) >= 11 is 0. The summed E-state index contributed by atoms with van der Waals surface area (Å²) in [5.74, 6) is -0.152. The second kappa shape index (κ2) is 3.76. The number of rotatable bonds is 2. The van der Waals surface area contributed by atoms with Crippen LogP contribution in [0.15, 0.2) is 24.3 Å². The van der Waals surface area contributed by atoms with Gasteiger partial charge in [-0.05, 0) is 12.1 Å². The van der Waals surface area contributed by atoms with E-state index >= 15 is 0 Å². The van der Waals surface area contributed by atoms with Crippen molar-refractivity contribution in [2.24, 2.45) is 0 Å². The number of methoxy groups -OCH3 is 1. The van der Waals surface area contributed by atoms with Gasteiger partial charge in [-0.1, -0.05) is 12.1 Å². The summed E-state index contributed by atoms with van der Waals surface area (Å²) in [6, 6.07) is 6.59. The van der Waals surface area contributed by atoms with Crippen LogP contribution < -0.4 is 4.74 Å². The summed E-state index contributed by atoms with van der Waals surface area (Å²) in [7, 11) is 6.24. The highest BCUT2D eigenvalue weighted by Crippen LogP contribution is 2.17. The zero-order chi connectivity index (χ0) is 8.97. The van der Waals surface area contributed by atoms with E-state index in [1.807, 2.05) is 0 Å². The molecule has 0 N–H and O–H groups in total. The lowest BCUT2D eigenvalue weighted by Crippen LogP contribution is -2.02. The van der Waals surface area contributed by atoms with Crippen molar-refractivity contribution in [1.82, 2.24) is 0 Å². The Balaban J connectivity index is 3.04. The molecule has 1 rings (SSSR count). The zero-order valence-electron chi connectivity index (χ0n) is 6.61. The predicted molar refractivity (Wildman–Crippen MR) is 42.7 cm³/mol. The van der Waals surface area contributed by atoms with E-state index in [2.05, 4.69) is 9.47 Å². The van der Waals surface area contributed by atoms with Crippen molar-refractivity contribution >= 4 is 5.97 Å². The maximum atomic E-state index is 11.0. The second-order valence-electron chi connectivity index (χ2n) is 2.11. The molecule has 0 amide bonds. The van der Waals surface area contributed by atoms with Crippen LogP contribution in [-0.2, 0) is 4.74 Å². The Kier molecular flexibility index (Phi) is 2.69. The van der Waals surface area contributed by atoms with Crippen LogP contribution in [0.2, 0.25) is 0 Å². The molecule has 0 saturated heterocycles. The average molecular weight is 164 g/mol. The molecule has 0 aliphatic rings. The Morgan fingerprint density at radius 1 is 1.42 bits per heavy atom. The molecule has 0 fully saturated rings. The number of ether oxygens (including phenoxy) is 2. The van der Waals surface area contributed by atoms with Gasteiger partial charge in [0.25, 0.3) is 0 Å². The first-order chi connectivity index (χ1) is 5.79. The molecule has 3 heteroatoms. The van der Waals surface area contributed by atoms with Gasteiger partial charge in [0, 0.05) is 0 Å². The van der Waals surface area contributed by atoms with Crippen LogP contribution >= 0.6 is 0 Å². The van der Waals surface area contributed by atoms with Crippen molar-refractivity contribution in [1.29, 1.82) is 0 Å². The van der Waals surface area contributed by atoms with Crippen molar-refractivity contribution in [3.8, 4) is 5.75 Å². The largest absolute Gasteiger partial charge is 0.481 e. The highest BCUT2D eigenvalue weighted by atomic mass is 16.5. The number of benzene rings is 1. The van der Waals surface area contributed by atoms with Crippen molar-refractivity contribution in [3.05, 3.63) is 36.9 Å². The lowest BCUT2D eigenvalue weighted by atomic mass is 10.2. The van der Waals surface area contributed by atoms with E-state index in [0.29, 0.717) is 11.3 Å². The molecule has 1 aromatic rings. The van der Waals surface area contributed by atoms with E-state index in [-0.39, 0.29) is 0 Å². The standard InChI is InChI=1S/C9H8O3/c1-11-8-6-4-3-5-7(8)9(10)12-2/h1,3-6H,2H3. The molecule has 0 aliphatic heterocycles. The average Bonchev–Trinajstić information content (AvgIpc) is 2.16. The quantitative estimate of drug-likeness (QED) is 0.621. The maximum Gasteiger partial charge on any atom is 0.341 e. The molecule has 0 spiro atoms. The lowest BCUT2D eigenvalue weighted by Gasteiger charge is -2.04. The Bertz CT molecular complexity index is 281. The van der Waals surface area contributed by atoms with Crippen LogP contribution in [0.3, 0.4) is 0 Å². The van der Waals surface area contributed by atoms with Gasteiger partial charge >= 0.3 is 5.97 Å². The van der Waals surface area contributed by atoms with Gasteiger partial charge < -0.3 is 9.47 Å². The molecule has 0 heterocycles. The fourth-order valence-corrected chi connectivity index (χ4v) is 0.848. The number of hydrogen-bond acceptors (Lipinski definition) is 3. The molecular formula is C9H8O3. The molecule has 2 radical (unpaired) electrons. The molecule has 1 aromatic carbocycles. The molecule has 12 heavy (non-hydrogen) atoms. The molecule has 0 bridgehead atoms. The zero-order valence-corrected chi connectivity index (χ0v) is 6.61. The van der Waals surface area contributed by atoms with Gasteiger partial charge in [0.15, 0.2) is 7.11 Å². The van der Waals surface area contributed by atoms with Gasteiger partial charge in [-0.15, -0.1) is 0 Å². The maximum absolute atomic E-state index is 11.0. The fraction of sp³-hybridized carbons (Fsp3) is 0.111. The topological polar surface area (TPSA) is 35.5 Å². The van der Waals surface area contributed by atoms with Crippen LogP contribution in [-0.4, -0.2) is 13.1 Å². The van der Waals surface area contributed by atoms with Gasteiger partial charge in [0.05, 0.1) is 7.11 Å². The third-order valence-electron chi connectivity index (χ3n) is 1.42. The highest BCUT2D eigenvalue weighted by molar-refractivity contribution is 5.92. The molecule has 0 aliphatic carbocycles. The van der Waals surface area contributed by atoms with Crippen molar-refractivity contribution in [3.63, 3.8) is 0 Å². The number of para-hydroxylation sites is 1. The summed E-state index contributed by atoms with van der Waals surface area (Å²) in [6.45, 7) is 0. The molecule has 62 valence electrons. The van der Waals surface area contributed by atoms with E-state index < -0.39 is 5.97 Å². The summed E-state index contributed by atoms with van der Waals surface area (Å²) in [5, 5.41) is 0. The Labute approximate surface area is 70.9 Å². The lowest BCUT2D eigenvalue weighted by molar-refractivity contribution is 0.0597. The van der Waals surface area contributed by atoms with Crippen LogP contribution in [0, 0.1) is 7.11 Å². The van der Waals surface area contributed by atoms with E-state index in [0.717, 1.165) is 0 Å². The Morgan fingerprint density at radius 2 is 2.08 bits per heavy atom. The molecule has 0 aromatic heterocycles. The molecular weight excluding hydrogens is 156 g/mol. The summed E-state index contributed by atoms with van der Waals surface area (Å²) in [5.41, 5.74) is 0.322. The minimum Gasteiger partial charge on any atom is -0.481 e. The monoisotopic (exact) mass is 164 g/mol. The SMILES string of the molecule is [CH]Oc1ccccc1C(=O)OC. The Hall–Kier alpha value is -1.51. The normalized spacial score (nSPS) is 9.17. The number of carbonyl (C=O) groups excluding carboxylic acids is 1. The van der Waals surface area contributed by atoms with Gasteiger partial charge in [0.2, 0.25) is 0 Å². The van der Waals surface area contributed by atoms with Gasteiger partial charge in [-0.3, -0.25) is 0 Å². The third kappa shape index (κ3) is 1.56. The van der Waals surface area contributed by atoms with Gasteiger partial charge in [-0.25, -0.2) is 4.79 Å². The molecule has 3 nitrogen and oxygen atoms in total. The van der Waals surface area contributed by atoms with E-state index in [1.54, 1.807) is 24.3 Å². The summed E-state index contributed by atoms with van der Waals surface area (Å²) in [6.07, 6.45) is 0. The third-order valence-corrected chi connectivity index (χ3v) is 1.42. The first kappa shape index (κ1) is 8.59. The minimum atomic E-state index is -0.462. The first-order valence-electron chi connectivity index (χ1n) is 3.33. The minimum absolute atomic E-state index is 0.310. The number of hydrogen-bond donors (Lipinski definition) is 0. The number of esters is 1. The van der Waals surface area contributed by atoms with Crippen LogP contribution in [0.5, 0.6) is 5.75 Å². The van der Waals surface area contributed by atoms with E-state index in [4.69, 9.17) is 7.11 Å². The Morgan fingerprint density at radius 3 is 2.67 bits per heavy atom. The number of carbonyl (C=O) groups is 1. The molecule has 0 atom stereocenters. The van der Waals surface area contributed by atoms with Crippen molar-refractivity contribution in [2.75, 3.05) is 7.11 Å². The predicted octanol–water partition coefficient (Wildman–Crippen LogP) is 1.52.